The van der Waals surface area contributed by atoms with Crippen LogP contribution in [0.3, 0.4) is 0 Å². The van der Waals surface area contributed by atoms with Gasteiger partial charge in [-0.2, -0.15) is 4.31 Å². The van der Waals surface area contributed by atoms with Crippen LogP contribution in [0.4, 0.5) is 0 Å². The van der Waals surface area contributed by atoms with Crippen molar-refractivity contribution in [2.45, 2.75) is 38.0 Å². The molecule has 0 aliphatic carbocycles. The van der Waals surface area contributed by atoms with Gasteiger partial charge in [0.05, 0.1) is 4.90 Å². The summed E-state index contributed by atoms with van der Waals surface area (Å²) in [5, 5.41) is 5.45. The molecule has 0 bridgehead atoms. The lowest BCUT2D eigenvalue weighted by molar-refractivity contribution is -0.123. The molecule has 27 heavy (non-hydrogen) atoms. The summed E-state index contributed by atoms with van der Waals surface area (Å²) in [7, 11) is -3.49. The summed E-state index contributed by atoms with van der Waals surface area (Å²) in [6, 6.07) is 8.48. The first-order valence-electron chi connectivity index (χ1n) is 9.41. The van der Waals surface area contributed by atoms with E-state index in [1.165, 1.54) is 6.92 Å². The summed E-state index contributed by atoms with van der Waals surface area (Å²) in [5.41, 5.74) is 0. The molecule has 1 heterocycles. The normalized spacial score (nSPS) is 20.8. The zero-order chi connectivity index (χ0) is 19.9. The highest BCUT2D eigenvalue weighted by atomic mass is 32.2. The molecule has 1 aromatic rings. The number of benzene rings is 1. The first-order valence-corrected chi connectivity index (χ1v) is 10.8. The Morgan fingerprint density at radius 1 is 1.11 bits per heavy atom. The van der Waals surface area contributed by atoms with Gasteiger partial charge < -0.3 is 10.6 Å². The maximum Gasteiger partial charge on any atom is 0.243 e. The van der Waals surface area contributed by atoms with Gasteiger partial charge in [-0.05, 0) is 30.4 Å². The molecule has 2 amide bonds. The van der Waals surface area contributed by atoms with Crippen LogP contribution in [0.25, 0.3) is 0 Å². The molecule has 7 nitrogen and oxygen atoms in total. The van der Waals surface area contributed by atoms with Crippen LogP contribution in [0, 0.1) is 11.8 Å². The number of hydrogen-bond acceptors (Lipinski definition) is 4. The lowest BCUT2D eigenvalue weighted by atomic mass is 9.82. The smallest absolute Gasteiger partial charge is 0.243 e. The molecule has 2 rings (SSSR count). The molecule has 8 heteroatoms. The monoisotopic (exact) mass is 395 g/mol. The molecule has 150 valence electrons. The van der Waals surface area contributed by atoms with Crippen molar-refractivity contribution < 1.29 is 18.0 Å². The summed E-state index contributed by atoms with van der Waals surface area (Å²) in [4.78, 5) is 23.3. The van der Waals surface area contributed by atoms with Crippen molar-refractivity contribution in [1.82, 2.24) is 14.9 Å². The van der Waals surface area contributed by atoms with Crippen molar-refractivity contribution in [1.29, 1.82) is 0 Å². The third-order valence-electron chi connectivity index (χ3n) is 5.03. The maximum absolute atomic E-state index is 12.8. The van der Waals surface area contributed by atoms with E-state index in [9.17, 15) is 18.0 Å². The van der Waals surface area contributed by atoms with E-state index in [2.05, 4.69) is 10.6 Å². The van der Waals surface area contributed by atoms with Crippen LogP contribution in [-0.4, -0.2) is 50.7 Å². The Morgan fingerprint density at radius 2 is 1.78 bits per heavy atom. The lowest BCUT2D eigenvalue weighted by Crippen LogP contribution is -2.45. The number of rotatable bonds is 8. The van der Waals surface area contributed by atoms with Gasteiger partial charge in [0.15, 0.2) is 0 Å². The van der Waals surface area contributed by atoms with Gasteiger partial charge in [0.25, 0.3) is 0 Å². The Balaban J connectivity index is 1.90. The molecule has 1 fully saturated rings. The highest BCUT2D eigenvalue weighted by Gasteiger charge is 2.35. The number of piperidine rings is 1. The third kappa shape index (κ3) is 6.04. The van der Waals surface area contributed by atoms with Gasteiger partial charge in [-0.15, -0.1) is 0 Å². The highest BCUT2D eigenvalue weighted by Crippen LogP contribution is 2.31. The summed E-state index contributed by atoms with van der Waals surface area (Å²) < 4.78 is 27.2. The SMILES string of the molecule is CCC1CN(S(=O)(=O)c2ccccc2)CCC1CC(=O)NCCNC(C)=O. The molecule has 1 aliphatic heterocycles. The van der Waals surface area contributed by atoms with Crippen LogP contribution in [-0.2, 0) is 19.6 Å². The molecule has 1 aromatic carbocycles. The standard InChI is InChI=1S/C19H29N3O4S/c1-3-16-14-22(27(25,26)18-7-5-4-6-8-18)12-9-17(16)13-19(24)21-11-10-20-15(2)23/h4-8,16-17H,3,9-14H2,1-2H3,(H,20,23)(H,21,24). The van der Waals surface area contributed by atoms with Crippen LogP contribution < -0.4 is 10.6 Å². The summed E-state index contributed by atoms with van der Waals surface area (Å²) >= 11 is 0. The lowest BCUT2D eigenvalue weighted by Gasteiger charge is -2.37. The Kier molecular flexibility index (Phi) is 7.79. The molecule has 2 unspecified atom stereocenters. The van der Waals surface area contributed by atoms with E-state index in [0.29, 0.717) is 43.9 Å². The van der Waals surface area contributed by atoms with E-state index in [-0.39, 0.29) is 23.7 Å². The Hall–Kier alpha value is -1.93. The molecule has 0 spiro atoms. The van der Waals surface area contributed by atoms with E-state index in [1.54, 1.807) is 34.6 Å². The zero-order valence-electron chi connectivity index (χ0n) is 16.0. The van der Waals surface area contributed by atoms with Crippen molar-refractivity contribution in [3.05, 3.63) is 30.3 Å². The fourth-order valence-corrected chi connectivity index (χ4v) is 5.02. The highest BCUT2D eigenvalue weighted by molar-refractivity contribution is 7.89. The fraction of sp³-hybridized carbons (Fsp3) is 0.579. The molecule has 0 aromatic heterocycles. The largest absolute Gasteiger partial charge is 0.355 e. The molecule has 2 atom stereocenters. The number of hydrogen-bond donors (Lipinski definition) is 2. The van der Waals surface area contributed by atoms with E-state index >= 15 is 0 Å². The Morgan fingerprint density at radius 3 is 2.41 bits per heavy atom. The fourth-order valence-electron chi connectivity index (χ4n) is 3.49. The van der Waals surface area contributed by atoms with Gasteiger partial charge >= 0.3 is 0 Å². The van der Waals surface area contributed by atoms with E-state index in [1.807, 2.05) is 6.92 Å². The Bertz CT molecular complexity index is 737. The van der Waals surface area contributed by atoms with Gasteiger partial charge in [-0.25, -0.2) is 8.42 Å². The average Bonchev–Trinajstić information content (AvgIpc) is 2.66. The van der Waals surface area contributed by atoms with Crippen LogP contribution in [0.2, 0.25) is 0 Å². The number of nitrogens with one attached hydrogen (secondary N) is 2. The minimum absolute atomic E-state index is 0.0526. The van der Waals surface area contributed by atoms with Gasteiger partial charge in [0, 0.05) is 39.5 Å². The second-order valence-corrected chi connectivity index (χ2v) is 8.87. The molecule has 1 saturated heterocycles. The topological polar surface area (TPSA) is 95.6 Å². The van der Waals surface area contributed by atoms with Gasteiger partial charge in [0.2, 0.25) is 21.8 Å². The molecule has 0 saturated carbocycles. The predicted octanol–water partition coefficient (Wildman–Crippen LogP) is 1.37. The van der Waals surface area contributed by atoms with Crippen molar-refractivity contribution in [2.75, 3.05) is 26.2 Å². The zero-order valence-corrected chi connectivity index (χ0v) is 16.8. The molecule has 1 aliphatic rings. The number of carbonyl (C=O) groups excluding carboxylic acids is 2. The van der Waals surface area contributed by atoms with E-state index in [4.69, 9.17) is 0 Å². The van der Waals surface area contributed by atoms with Crippen LogP contribution in [0.5, 0.6) is 0 Å². The minimum atomic E-state index is -3.49. The number of nitrogens with zero attached hydrogens (tertiary/aromatic N) is 1. The molecular formula is C19H29N3O4S. The van der Waals surface area contributed by atoms with E-state index < -0.39 is 10.0 Å². The first-order chi connectivity index (χ1) is 12.8. The summed E-state index contributed by atoms with van der Waals surface area (Å²) in [6.07, 6.45) is 1.88. The molecule has 0 radical (unpaired) electrons. The summed E-state index contributed by atoms with van der Waals surface area (Å²) in [5.74, 6) is 0.141. The predicted molar refractivity (Wildman–Crippen MR) is 103 cm³/mol. The molecule has 2 N–H and O–H groups in total. The minimum Gasteiger partial charge on any atom is -0.355 e. The Labute approximate surface area is 161 Å². The van der Waals surface area contributed by atoms with E-state index in [0.717, 1.165) is 6.42 Å². The number of sulfonamides is 1. The van der Waals surface area contributed by atoms with Crippen LogP contribution in [0.15, 0.2) is 35.2 Å². The van der Waals surface area contributed by atoms with Crippen LogP contribution >= 0.6 is 0 Å². The average molecular weight is 396 g/mol. The van der Waals surface area contributed by atoms with Crippen molar-refractivity contribution in [3.8, 4) is 0 Å². The van der Waals surface area contributed by atoms with Crippen LogP contribution in [0.1, 0.15) is 33.1 Å². The first kappa shape index (κ1) is 21.4. The number of carbonyl (C=O) groups is 2. The number of amides is 2. The van der Waals surface area contributed by atoms with Gasteiger partial charge in [0.1, 0.15) is 0 Å². The second-order valence-electron chi connectivity index (χ2n) is 6.93. The molecular weight excluding hydrogens is 366 g/mol. The van der Waals surface area contributed by atoms with Crippen molar-refractivity contribution in [2.24, 2.45) is 11.8 Å². The maximum atomic E-state index is 12.8. The van der Waals surface area contributed by atoms with Gasteiger partial charge in [-0.1, -0.05) is 31.5 Å². The van der Waals surface area contributed by atoms with Crippen molar-refractivity contribution in [3.63, 3.8) is 0 Å². The quantitative estimate of drug-likeness (QED) is 0.650. The van der Waals surface area contributed by atoms with Crippen molar-refractivity contribution >= 4 is 21.8 Å². The second kappa shape index (κ2) is 9.85. The summed E-state index contributed by atoms with van der Waals surface area (Å²) in [6.45, 7) is 5.15. The van der Waals surface area contributed by atoms with Gasteiger partial charge in [-0.3, -0.25) is 9.59 Å². The third-order valence-corrected chi connectivity index (χ3v) is 6.91.